The lowest BCUT2D eigenvalue weighted by Crippen LogP contribution is -2.28. The lowest BCUT2D eigenvalue weighted by molar-refractivity contribution is 0.0955. The number of sulfonamides is 1. The molecular weight excluding hydrogens is 386 g/mol. The van der Waals surface area contributed by atoms with Crippen LogP contribution in [0, 0.1) is 0 Å². The van der Waals surface area contributed by atoms with Gasteiger partial charge in [-0.3, -0.25) is 4.79 Å². The summed E-state index contributed by atoms with van der Waals surface area (Å²) >= 11 is 0. The summed E-state index contributed by atoms with van der Waals surface area (Å²) in [6.07, 6.45) is 2.71. The maximum Gasteiger partial charge on any atom is 0.271 e. The largest absolute Gasteiger partial charge is 0.504 e. The van der Waals surface area contributed by atoms with Gasteiger partial charge in [0.25, 0.3) is 5.91 Å². The van der Waals surface area contributed by atoms with Crippen LogP contribution >= 0.6 is 0 Å². The van der Waals surface area contributed by atoms with Crippen LogP contribution in [0.4, 0.5) is 0 Å². The van der Waals surface area contributed by atoms with E-state index in [0.29, 0.717) is 13.1 Å². The third-order valence-corrected chi connectivity index (χ3v) is 6.22. The van der Waals surface area contributed by atoms with Crippen LogP contribution in [0.25, 0.3) is 0 Å². The zero-order valence-corrected chi connectivity index (χ0v) is 15.6. The number of aromatic hydroxyl groups is 3. The molecule has 9 nitrogen and oxygen atoms in total. The van der Waals surface area contributed by atoms with Gasteiger partial charge in [0.05, 0.1) is 11.1 Å². The van der Waals surface area contributed by atoms with E-state index >= 15 is 0 Å². The van der Waals surface area contributed by atoms with E-state index in [1.165, 1.54) is 34.6 Å². The van der Waals surface area contributed by atoms with E-state index in [9.17, 15) is 28.5 Å². The number of phenolic OH excluding ortho intramolecular Hbond substituents is 3. The fourth-order valence-electron chi connectivity index (χ4n) is 2.79. The number of hydrazone groups is 1. The highest BCUT2D eigenvalue weighted by Crippen LogP contribution is 2.36. The van der Waals surface area contributed by atoms with Crippen molar-refractivity contribution in [2.24, 2.45) is 5.10 Å². The Hall–Kier alpha value is -3.11. The van der Waals surface area contributed by atoms with Crippen LogP contribution in [0.5, 0.6) is 17.2 Å². The van der Waals surface area contributed by atoms with Gasteiger partial charge in [-0.2, -0.15) is 9.41 Å². The van der Waals surface area contributed by atoms with Gasteiger partial charge in [-0.1, -0.05) is 6.07 Å². The number of phenols is 3. The fourth-order valence-corrected chi connectivity index (χ4v) is 4.35. The number of hydrogen-bond acceptors (Lipinski definition) is 7. The summed E-state index contributed by atoms with van der Waals surface area (Å²) in [4.78, 5) is 12.3. The Morgan fingerprint density at radius 3 is 2.50 bits per heavy atom. The molecule has 0 saturated carbocycles. The molecule has 1 saturated heterocycles. The second-order valence-electron chi connectivity index (χ2n) is 6.21. The predicted octanol–water partition coefficient (Wildman–Crippen LogP) is 1.35. The van der Waals surface area contributed by atoms with E-state index < -0.39 is 33.2 Å². The van der Waals surface area contributed by atoms with Crippen molar-refractivity contribution in [2.45, 2.75) is 17.7 Å². The van der Waals surface area contributed by atoms with Gasteiger partial charge in [0.2, 0.25) is 15.8 Å². The summed E-state index contributed by atoms with van der Waals surface area (Å²) in [5.74, 6) is -2.42. The Balaban J connectivity index is 1.74. The maximum atomic E-state index is 12.6. The molecule has 148 valence electrons. The van der Waals surface area contributed by atoms with E-state index in [-0.39, 0.29) is 16.0 Å². The molecule has 0 bridgehead atoms. The number of carbonyl (C=O) groups excluding carboxylic acids is 1. The van der Waals surface area contributed by atoms with Gasteiger partial charge < -0.3 is 15.3 Å². The zero-order chi connectivity index (χ0) is 20.3. The number of nitrogens with one attached hydrogen (secondary N) is 1. The number of nitrogens with zero attached hydrogens (tertiary/aromatic N) is 2. The van der Waals surface area contributed by atoms with Crippen LogP contribution in [-0.4, -0.2) is 53.3 Å². The van der Waals surface area contributed by atoms with E-state index in [1.807, 2.05) is 0 Å². The van der Waals surface area contributed by atoms with Gasteiger partial charge in [0.15, 0.2) is 11.5 Å². The monoisotopic (exact) mass is 405 g/mol. The first-order valence-corrected chi connectivity index (χ1v) is 9.92. The SMILES string of the molecule is O=C(N/N=C/c1ccc(O)c(O)c1O)c1cccc(S(=O)(=O)N2CCCC2)c1. The first kappa shape index (κ1) is 19.6. The average Bonchev–Trinajstić information content (AvgIpc) is 3.23. The Bertz CT molecular complexity index is 1030. The highest BCUT2D eigenvalue weighted by atomic mass is 32.2. The Labute approximate surface area is 161 Å². The van der Waals surface area contributed by atoms with Crippen LogP contribution in [-0.2, 0) is 10.0 Å². The smallest absolute Gasteiger partial charge is 0.271 e. The molecule has 4 N–H and O–H groups in total. The van der Waals surface area contributed by atoms with Crippen LogP contribution in [0.1, 0.15) is 28.8 Å². The Kier molecular flexibility index (Phi) is 5.52. The minimum absolute atomic E-state index is 0.0344. The molecule has 28 heavy (non-hydrogen) atoms. The molecule has 0 aliphatic carbocycles. The highest BCUT2D eigenvalue weighted by Gasteiger charge is 2.27. The first-order valence-electron chi connectivity index (χ1n) is 8.48. The molecule has 0 atom stereocenters. The third kappa shape index (κ3) is 3.92. The lowest BCUT2D eigenvalue weighted by Gasteiger charge is -2.15. The first-order chi connectivity index (χ1) is 13.3. The quantitative estimate of drug-likeness (QED) is 0.336. The van der Waals surface area contributed by atoms with Crippen LogP contribution < -0.4 is 5.43 Å². The number of carbonyl (C=O) groups is 1. The van der Waals surface area contributed by atoms with Gasteiger partial charge in [-0.15, -0.1) is 0 Å². The molecule has 2 aromatic carbocycles. The van der Waals surface area contributed by atoms with Crippen LogP contribution in [0.3, 0.4) is 0 Å². The van der Waals surface area contributed by atoms with E-state index in [1.54, 1.807) is 0 Å². The third-order valence-electron chi connectivity index (χ3n) is 4.33. The number of amides is 1. The summed E-state index contributed by atoms with van der Waals surface area (Å²) in [5, 5.41) is 32.1. The van der Waals surface area contributed by atoms with E-state index in [2.05, 4.69) is 10.5 Å². The van der Waals surface area contributed by atoms with Crippen molar-refractivity contribution in [1.29, 1.82) is 0 Å². The zero-order valence-electron chi connectivity index (χ0n) is 14.7. The molecule has 0 unspecified atom stereocenters. The molecule has 1 aliphatic heterocycles. The summed E-state index contributed by atoms with van der Waals surface area (Å²) in [7, 11) is -3.64. The summed E-state index contributed by atoms with van der Waals surface area (Å²) in [6.45, 7) is 0.929. The van der Waals surface area contributed by atoms with Crippen LogP contribution in [0.2, 0.25) is 0 Å². The summed E-state index contributed by atoms with van der Waals surface area (Å²) in [6, 6.07) is 8.10. The van der Waals surface area contributed by atoms with Gasteiger partial charge in [0, 0.05) is 24.2 Å². The molecular formula is C18H19N3O6S. The maximum absolute atomic E-state index is 12.6. The summed E-state index contributed by atoms with van der Waals surface area (Å²) < 4.78 is 26.6. The summed E-state index contributed by atoms with van der Waals surface area (Å²) in [5.41, 5.74) is 2.40. The van der Waals surface area contributed by atoms with Crippen molar-refractivity contribution in [3.63, 3.8) is 0 Å². The Morgan fingerprint density at radius 1 is 1.07 bits per heavy atom. The lowest BCUT2D eigenvalue weighted by atomic mass is 10.2. The average molecular weight is 405 g/mol. The van der Waals surface area contributed by atoms with Crippen molar-refractivity contribution in [3.8, 4) is 17.2 Å². The van der Waals surface area contributed by atoms with Crippen molar-refractivity contribution in [2.75, 3.05) is 13.1 Å². The topological polar surface area (TPSA) is 140 Å². The molecule has 2 aromatic rings. The molecule has 1 fully saturated rings. The van der Waals surface area contributed by atoms with Gasteiger partial charge in [-0.25, -0.2) is 13.8 Å². The number of benzene rings is 2. The number of hydrogen-bond donors (Lipinski definition) is 4. The van der Waals surface area contributed by atoms with Crippen LogP contribution in [0.15, 0.2) is 46.4 Å². The minimum atomic E-state index is -3.64. The van der Waals surface area contributed by atoms with Gasteiger partial charge in [-0.05, 0) is 43.2 Å². The molecule has 1 heterocycles. The fraction of sp³-hybridized carbons (Fsp3) is 0.222. The highest BCUT2D eigenvalue weighted by molar-refractivity contribution is 7.89. The molecule has 1 aliphatic rings. The molecule has 0 aromatic heterocycles. The molecule has 0 spiro atoms. The van der Waals surface area contributed by atoms with Gasteiger partial charge >= 0.3 is 0 Å². The predicted molar refractivity (Wildman–Crippen MR) is 101 cm³/mol. The standard InChI is InChI=1S/C18H19N3O6S/c22-15-7-6-13(16(23)17(15)24)11-19-20-18(25)12-4-3-5-14(10-12)28(26,27)21-8-1-2-9-21/h3-7,10-11,22-24H,1-2,8-9H2,(H,20,25)/b19-11+. The molecule has 1 amide bonds. The Morgan fingerprint density at radius 2 is 1.79 bits per heavy atom. The van der Waals surface area contributed by atoms with Crippen molar-refractivity contribution in [1.82, 2.24) is 9.73 Å². The molecule has 0 radical (unpaired) electrons. The van der Waals surface area contributed by atoms with Crippen molar-refractivity contribution >= 4 is 22.1 Å². The molecule has 3 rings (SSSR count). The van der Waals surface area contributed by atoms with Gasteiger partial charge in [0.1, 0.15) is 0 Å². The van der Waals surface area contributed by atoms with E-state index in [4.69, 9.17) is 0 Å². The normalized spacial score (nSPS) is 15.1. The number of rotatable bonds is 5. The second-order valence-corrected chi connectivity index (χ2v) is 8.15. The van der Waals surface area contributed by atoms with E-state index in [0.717, 1.165) is 25.1 Å². The van der Waals surface area contributed by atoms with Crippen molar-refractivity contribution < 1.29 is 28.5 Å². The second kappa shape index (κ2) is 7.87. The minimum Gasteiger partial charge on any atom is -0.504 e. The van der Waals surface area contributed by atoms with Crippen molar-refractivity contribution in [3.05, 3.63) is 47.5 Å². The molecule has 10 heteroatoms.